The first-order valence-electron chi connectivity index (χ1n) is 5.20. The van der Waals surface area contributed by atoms with Crippen molar-refractivity contribution in [3.8, 4) is 0 Å². The summed E-state index contributed by atoms with van der Waals surface area (Å²) in [6.07, 6.45) is 1.29. The van der Waals surface area contributed by atoms with Crippen LogP contribution in [0.15, 0.2) is 0 Å². The van der Waals surface area contributed by atoms with Gasteiger partial charge in [-0.15, -0.1) is 0 Å². The number of ether oxygens (including phenoxy) is 1. The van der Waals surface area contributed by atoms with Crippen molar-refractivity contribution in [1.29, 1.82) is 0 Å². The number of rotatable bonds is 3. The van der Waals surface area contributed by atoms with Crippen LogP contribution in [-0.4, -0.2) is 39.9 Å². The number of hydrogen-bond donors (Lipinski definition) is 2. The fraction of sp³-hybridized carbons (Fsp3) is 1.00. The molecule has 0 saturated carbocycles. The molecule has 80 valence electrons. The minimum absolute atomic E-state index is 0.840. The Kier molecular flexibility index (Phi) is 9.87. The molecule has 0 aromatic heterocycles. The Morgan fingerprint density at radius 1 is 1.31 bits per heavy atom. The highest BCUT2D eigenvalue weighted by Crippen LogP contribution is 1.94. The molecule has 0 unspecified atom stereocenters. The SMILES string of the molecule is C1COCCN1.CNCCC(C)C. The van der Waals surface area contributed by atoms with Crippen molar-refractivity contribution in [2.45, 2.75) is 20.3 Å². The molecule has 13 heavy (non-hydrogen) atoms. The van der Waals surface area contributed by atoms with Crippen LogP contribution in [0.4, 0.5) is 0 Å². The van der Waals surface area contributed by atoms with Crippen LogP contribution >= 0.6 is 0 Å². The summed E-state index contributed by atoms with van der Waals surface area (Å²) < 4.78 is 5.01. The molecule has 2 N–H and O–H groups in total. The molecule has 0 amide bonds. The number of nitrogens with one attached hydrogen (secondary N) is 2. The van der Waals surface area contributed by atoms with Gasteiger partial charge in [-0.1, -0.05) is 13.8 Å². The third kappa shape index (κ3) is 11.9. The maximum Gasteiger partial charge on any atom is 0.0591 e. The molecule has 0 radical (unpaired) electrons. The van der Waals surface area contributed by atoms with Crippen molar-refractivity contribution in [2.75, 3.05) is 39.9 Å². The quantitative estimate of drug-likeness (QED) is 0.689. The first-order valence-corrected chi connectivity index (χ1v) is 5.20. The standard InChI is InChI=1S/C6H15N.C4H9NO/c1-6(2)4-5-7-3;1-3-6-4-2-5-1/h6-7H,4-5H2,1-3H3;5H,1-4H2. The van der Waals surface area contributed by atoms with Crippen LogP contribution in [0.25, 0.3) is 0 Å². The van der Waals surface area contributed by atoms with E-state index >= 15 is 0 Å². The zero-order chi connectivity index (χ0) is 9.94. The van der Waals surface area contributed by atoms with E-state index in [1.54, 1.807) is 0 Å². The Bertz CT molecular complexity index is 81.4. The molecule has 0 spiro atoms. The lowest BCUT2D eigenvalue weighted by atomic mass is 10.1. The van der Waals surface area contributed by atoms with Crippen LogP contribution in [-0.2, 0) is 4.74 Å². The highest BCUT2D eigenvalue weighted by molar-refractivity contribution is 4.49. The molecule has 1 aliphatic rings. The van der Waals surface area contributed by atoms with E-state index in [0.29, 0.717) is 0 Å². The summed E-state index contributed by atoms with van der Waals surface area (Å²) in [7, 11) is 1.99. The van der Waals surface area contributed by atoms with Crippen LogP contribution in [0.1, 0.15) is 20.3 Å². The molecule has 1 rings (SSSR count). The summed E-state index contributed by atoms with van der Waals surface area (Å²) in [4.78, 5) is 0. The molecule has 0 aliphatic carbocycles. The van der Waals surface area contributed by atoms with E-state index in [-0.39, 0.29) is 0 Å². The second kappa shape index (κ2) is 9.96. The summed E-state index contributed by atoms with van der Waals surface area (Å²) in [6.45, 7) is 9.45. The Morgan fingerprint density at radius 3 is 2.08 bits per heavy atom. The van der Waals surface area contributed by atoms with Gasteiger partial charge >= 0.3 is 0 Å². The second-order valence-electron chi connectivity index (χ2n) is 3.65. The van der Waals surface area contributed by atoms with Gasteiger partial charge in [0, 0.05) is 13.1 Å². The van der Waals surface area contributed by atoms with Gasteiger partial charge < -0.3 is 15.4 Å². The van der Waals surface area contributed by atoms with Gasteiger partial charge in [0.05, 0.1) is 13.2 Å². The second-order valence-corrected chi connectivity index (χ2v) is 3.65. The molecule has 3 nitrogen and oxygen atoms in total. The van der Waals surface area contributed by atoms with E-state index in [1.807, 2.05) is 7.05 Å². The summed E-state index contributed by atoms with van der Waals surface area (Å²) in [6, 6.07) is 0. The monoisotopic (exact) mass is 188 g/mol. The molecule has 3 heteroatoms. The van der Waals surface area contributed by atoms with Gasteiger partial charge in [0.2, 0.25) is 0 Å². The normalized spacial score (nSPS) is 16.6. The summed E-state index contributed by atoms with van der Waals surface area (Å²) >= 11 is 0. The van der Waals surface area contributed by atoms with Crippen molar-refractivity contribution in [2.24, 2.45) is 5.92 Å². The van der Waals surface area contributed by atoms with Crippen LogP contribution in [0.2, 0.25) is 0 Å². The molecule has 0 bridgehead atoms. The van der Waals surface area contributed by atoms with Crippen molar-refractivity contribution in [3.63, 3.8) is 0 Å². The molecular formula is C10H24N2O. The summed E-state index contributed by atoms with van der Waals surface area (Å²) in [5.74, 6) is 0.840. The van der Waals surface area contributed by atoms with Crippen LogP contribution < -0.4 is 10.6 Å². The molecule has 0 atom stereocenters. The average molecular weight is 188 g/mol. The van der Waals surface area contributed by atoms with E-state index in [0.717, 1.165) is 38.8 Å². The minimum atomic E-state index is 0.840. The molecule has 1 heterocycles. The van der Waals surface area contributed by atoms with Crippen LogP contribution in [0, 0.1) is 5.92 Å². The topological polar surface area (TPSA) is 33.3 Å². The Labute approximate surface area is 82.2 Å². The van der Waals surface area contributed by atoms with Gasteiger partial charge in [0.1, 0.15) is 0 Å². The fourth-order valence-corrected chi connectivity index (χ4v) is 0.949. The van der Waals surface area contributed by atoms with Crippen molar-refractivity contribution in [3.05, 3.63) is 0 Å². The van der Waals surface area contributed by atoms with Gasteiger partial charge in [0.25, 0.3) is 0 Å². The molecule has 1 saturated heterocycles. The third-order valence-corrected chi connectivity index (χ3v) is 1.82. The van der Waals surface area contributed by atoms with Gasteiger partial charge in [-0.05, 0) is 25.9 Å². The predicted molar refractivity (Wildman–Crippen MR) is 57.1 cm³/mol. The zero-order valence-corrected chi connectivity index (χ0v) is 9.23. The predicted octanol–water partition coefficient (Wildman–Crippen LogP) is 0.858. The lowest BCUT2D eigenvalue weighted by Crippen LogP contribution is -2.30. The Morgan fingerprint density at radius 2 is 1.92 bits per heavy atom. The van der Waals surface area contributed by atoms with Crippen molar-refractivity contribution >= 4 is 0 Å². The van der Waals surface area contributed by atoms with E-state index in [4.69, 9.17) is 4.74 Å². The van der Waals surface area contributed by atoms with Crippen molar-refractivity contribution < 1.29 is 4.74 Å². The molecular weight excluding hydrogens is 164 g/mol. The fourth-order valence-electron chi connectivity index (χ4n) is 0.949. The molecule has 1 aliphatic heterocycles. The zero-order valence-electron chi connectivity index (χ0n) is 9.23. The summed E-state index contributed by atoms with van der Waals surface area (Å²) in [5, 5.41) is 6.26. The molecule has 1 fully saturated rings. The van der Waals surface area contributed by atoms with Gasteiger partial charge in [-0.25, -0.2) is 0 Å². The first kappa shape index (κ1) is 12.9. The van der Waals surface area contributed by atoms with Gasteiger partial charge in [-0.2, -0.15) is 0 Å². The maximum absolute atomic E-state index is 5.01. The Hall–Kier alpha value is -0.120. The van der Waals surface area contributed by atoms with Gasteiger partial charge in [-0.3, -0.25) is 0 Å². The Balaban J connectivity index is 0.000000223. The van der Waals surface area contributed by atoms with E-state index in [9.17, 15) is 0 Å². The summed E-state index contributed by atoms with van der Waals surface area (Å²) in [5.41, 5.74) is 0. The van der Waals surface area contributed by atoms with Crippen molar-refractivity contribution in [1.82, 2.24) is 10.6 Å². The van der Waals surface area contributed by atoms with Gasteiger partial charge in [0.15, 0.2) is 0 Å². The van der Waals surface area contributed by atoms with Crippen LogP contribution in [0.5, 0.6) is 0 Å². The third-order valence-electron chi connectivity index (χ3n) is 1.82. The van der Waals surface area contributed by atoms with E-state index in [2.05, 4.69) is 24.5 Å². The number of morpholine rings is 1. The number of hydrogen-bond acceptors (Lipinski definition) is 3. The average Bonchev–Trinajstić information content (AvgIpc) is 2.18. The largest absolute Gasteiger partial charge is 0.379 e. The minimum Gasteiger partial charge on any atom is -0.379 e. The maximum atomic E-state index is 5.01. The van der Waals surface area contributed by atoms with Crippen LogP contribution in [0.3, 0.4) is 0 Å². The lowest BCUT2D eigenvalue weighted by Gasteiger charge is -2.10. The molecule has 0 aromatic rings. The van der Waals surface area contributed by atoms with E-state index < -0.39 is 0 Å². The first-order chi connectivity index (χ1) is 6.27. The lowest BCUT2D eigenvalue weighted by molar-refractivity contribution is 0.109. The van der Waals surface area contributed by atoms with E-state index in [1.165, 1.54) is 6.42 Å². The highest BCUT2D eigenvalue weighted by atomic mass is 16.5. The highest BCUT2D eigenvalue weighted by Gasteiger charge is 1.93. The smallest absolute Gasteiger partial charge is 0.0591 e. The molecule has 0 aromatic carbocycles.